The first-order valence-electron chi connectivity index (χ1n) is 8.71. The van der Waals surface area contributed by atoms with Gasteiger partial charge in [-0.25, -0.2) is 0 Å². The highest BCUT2D eigenvalue weighted by Crippen LogP contribution is 2.34. The molecule has 2 aromatic rings. The van der Waals surface area contributed by atoms with Crippen molar-refractivity contribution in [2.24, 2.45) is 0 Å². The van der Waals surface area contributed by atoms with Crippen molar-refractivity contribution < 1.29 is 29.2 Å². The zero-order valence-corrected chi connectivity index (χ0v) is 14.2. The summed E-state index contributed by atoms with van der Waals surface area (Å²) >= 11 is 0. The van der Waals surface area contributed by atoms with E-state index in [-0.39, 0.29) is 13.2 Å². The molecule has 138 valence electrons. The lowest BCUT2D eigenvalue weighted by Gasteiger charge is -2.46. The molecule has 2 aliphatic rings. The lowest BCUT2D eigenvalue weighted by atomic mass is 9.98. The Morgan fingerprint density at radius 1 is 0.885 bits per heavy atom. The van der Waals surface area contributed by atoms with Crippen LogP contribution >= 0.6 is 0 Å². The van der Waals surface area contributed by atoms with Gasteiger partial charge in [0.15, 0.2) is 12.6 Å². The van der Waals surface area contributed by atoms with E-state index in [1.54, 1.807) is 0 Å². The van der Waals surface area contributed by atoms with E-state index >= 15 is 0 Å². The van der Waals surface area contributed by atoms with E-state index in [2.05, 4.69) is 0 Å². The van der Waals surface area contributed by atoms with Crippen molar-refractivity contribution in [2.45, 2.75) is 43.6 Å². The molecule has 6 unspecified atom stereocenters. The Balaban J connectivity index is 1.40. The smallest absolute Gasteiger partial charge is 0.187 e. The van der Waals surface area contributed by atoms with E-state index < -0.39 is 37.0 Å². The Morgan fingerprint density at radius 2 is 1.58 bits per heavy atom. The van der Waals surface area contributed by atoms with Crippen molar-refractivity contribution in [3.8, 4) is 0 Å². The van der Waals surface area contributed by atoms with Crippen LogP contribution in [-0.4, -0.2) is 47.5 Å². The second-order valence-electron chi connectivity index (χ2n) is 6.50. The average Bonchev–Trinajstić information content (AvgIpc) is 2.71. The van der Waals surface area contributed by atoms with Crippen LogP contribution in [0.15, 0.2) is 60.7 Å². The number of hydrogen-bond donors (Lipinski definition) is 2. The minimum absolute atomic E-state index is 0.249. The van der Waals surface area contributed by atoms with Crippen LogP contribution in [0.25, 0.3) is 0 Å². The maximum Gasteiger partial charge on any atom is 0.187 e. The summed E-state index contributed by atoms with van der Waals surface area (Å²) in [4.78, 5) is 0. The Hall–Kier alpha value is -1.80. The van der Waals surface area contributed by atoms with Gasteiger partial charge >= 0.3 is 0 Å². The fourth-order valence-electron chi connectivity index (χ4n) is 3.25. The molecule has 2 saturated heterocycles. The van der Waals surface area contributed by atoms with Crippen LogP contribution in [0.2, 0.25) is 0 Å². The second-order valence-corrected chi connectivity index (χ2v) is 6.50. The molecule has 0 saturated carbocycles. The number of benzene rings is 2. The summed E-state index contributed by atoms with van der Waals surface area (Å²) in [5.74, 6) is 0. The van der Waals surface area contributed by atoms with Crippen molar-refractivity contribution in [1.29, 1.82) is 0 Å². The van der Waals surface area contributed by atoms with Crippen molar-refractivity contribution >= 4 is 0 Å². The molecule has 0 aromatic heterocycles. The molecule has 6 heteroatoms. The minimum Gasteiger partial charge on any atom is -0.387 e. The molecule has 0 radical (unpaired) electrons. The highest BCUT2D eigenvalue weighted by Gasteiger charge is 2.49. The molecular weight excluding hydrogens is 336 g/mol. The van der Waals surface area contributed by atoms with Gasteiger partial charge < -0.3 is 29.2 Å². The van der Waals surface area contributed by atoms with Crippen LogP contribution in [-0.2, 0) is 25.6 Å². The number of aliphatic hydroxyl groups excluding tert-OH is 2. The first-order valence-corrected chi connectivity index (χ1v) is 8.71. The van der Waals surface area contributed by atoms with Gasteiger partial charge in [0.25, 0.3) is 0 Å². The topological polar surface area (TPSA) is 77.4 Å². The van der Waals surface area contributed by atoms with Crippen LogP contribution in [0.4, 0.5) is 0 Å². The fourth-order valence-corrected chi connectivity index (χ4v) is 3.25. The van der Waals surface area contributed by atoms with Crippen molar-refractivity contribution in [2.75, 3.05) is 6.61 Å². The summed E-state index contributed by atoms with van der Waals surface area (Å²) in [6, 6.07) is 19.1. The Bertz CT molecular complexity index is 692. The molecule has 0 bridgehead atoms. The molecule has 26 heavy (non-hydrogen) atoms. The molecule has 2 heterocycles. The summed E-state index contributed by atoms with van der Waals surface area (Å²) in [5.41, 5.74) is 1.82. The third-order valence-electron chi connectivity index (χ3n) is 4.66. The predicted molar refractivity (Wildman–Crippen MR) is 91.9 cm³/mol. The van der Waals surface area contributed by atoms with Crippen LogP contribution in [0.1, 0.15) is 17.4 Å². The highest BCUT2D eigenvalue weighted by atomic mass is 16.8. The molecule has 0 aliphatic carbocycles. The molecular formula is C20H22O6. The van der Waals surface area contributed by atoms with Crippen LogP contribution in [0, 0.1) is 0 Å². The predicted octanol–water partition coefficient (Wildman–Crippen LogP) is 1.76. The quantitative estimate of drug-likeness (QED) is 0.867. The molecule has 2 aliphatic heterocycles. The van der Waals surface area contributed by atoms with Gasteiger partial charge in [0, 0.05) is 5.56 Å². The lowest BCUT2D eigenvalue weighted by molar-refractivity contribution is -0.362. The van der Waals surface area contributed by atoms with Gasteiger partial charge in [-0.15, -0.1) is 0 Å². The molecule has 2 N–H and O–H groups in total. The summed E-state index contributed by atoms with van der Waals surface area (Å²) in [6.07, 6.45) is -5.04. The maximum atomic E-state index is 10.5. The largest absolute Gasteiger partial charge is 0.387 e. The van der Waals surface area contributed by atoms with Crippen molar-refractivity contribution in [3.05, 3.63) is 71.8 Å². The van der Waals surface area contributed by atoms with Crippen LogP contribution in [0.3, 0.4) is 0 Å². The molecule has 4 rings (SSSR count). The zero-order chi connectivity index (χ0) is 17.9. The fraction of sp³-hybridized carbons (Fsp3) is 0.400. The van der Waals surface area contributed by atoms with Crippen LogP contribution < -0.4 is 0 Å². The average molecular weight is 358 g/mol. The van der Waals surface area contributed by atoms with Crippen LogP contribution in [0.5, 0.6) is 0 Å². The SMILES string of the molecule is OC1C(OCc2ccccc2)OC2COC(c3ccccc3)OC2C1O. The van der Waals surface area contributed by atoms with Crippen molar-refractivity contribution in [3.63, 3.8) is 0 Å². The third kappa shape index (κ3) is 3.66. The van der Waals surface area contributed by atoms with Gasteiger partial charge in [-0.1, -0.05) is 60.7 Å². The standard InChI is InChI=1S/C20H22O6/c21-16-17(22)20(23-11-13-7-3-1-4-8-13)25-15-12-24-19(26-18(15)16)14-9-5-2-6-10-14/h1-10,15-22H,11-12H2. The number of ether oxygens (including phenoxy) is 4. The third-order valence-corrected chi connectivity index (χ3v) is 4.66. The molecule has 6 atom stereocenters. The van der Waals surface area contributed by atoms with Gasteiger partial charge in [-0.3, -0.25) is 0 Å². The summed E-state index contributed by atoms with van der Waals surface area (Å²) < 4.78 is 23.1. The van der Waals surface area contributed by atoms with E-state index in [4.69, 9.17) is 18.9 Å². The van der Waals surface area contributed by atoms with Crippen molar-refractivity contribution in [1.82, 2.24) is 0 Å². The number of hydrogen-bond acceptors (Lipinski definition) is 6. The molecule has 6 nitrogen and oxygen atoms in total. The second kappa shape index (κ2) is 7.84. The van der Waals surface area contributed by atoms with E-state index in [0.29, 0.717) is 0 Å². The summed E-state index contributed by atoms with van der Waals surface area (Å²) in [6.45, 7) is 0.528. The Kier molecular flexibility index (Phi) is 5.31. The first-order chi connectivity index (χ1) is 12.7. The summed E-state index contributed by atoms with van der Waals surface area (Å²) in [7, 11) is 0. The van der Waals surface area contributed by atoms with Gasteiger partial charge in [0.05, 0.1) is 13.2 Å². The summed E-state index contributed by atoms with van der Waals surface area (Å²) in [5, 5.41) is 20.9. The molecule has 2 fully saturated rings. The highest BCUT2D eigenvalue weighted by molar-refractivity contribution is 5.17. The van der Waals surface area contributed by atoms with E-state index in [1.165, 1.54) is 0 Å². The number of aliphatic hydroxyl groups is 2. The molecule has 0 spiro atoms. The first kappa shape index (κ1) is 17.6. The normalized spacial score (nSPS) is 34.2. The monoisotopic (exact) mass is 358 g/mol. The van der Waals surface area contributed by atoms with Gasteiger partial charge in [-0.05, 0) is 5.56 Å². The van der Waals surface area contributed by atoms with E-state index in [0.717, 1.165) is 11.1 Å². The maximum absolute atomic E-state index is 10.5. The van der Waals surface area contributed by atoms with Gasteiger partial charge in [0.2, 0.25) is 0 Å². The van der Waals surface area contributed by atoms with E-state index in [1.807, 2.05) is 60.7 Å². The molecule has 0 amide bonds. The van der Waals surface area contributed by atoms with E-state index in [9.17, 15) is 10.2 Å². The number of rotatable bonds is 4. The lowest BCUT2D eigenvalue weighted by Crippen LogP contribution is -2.62. The zero-order valence-electron chi connectivity index (χ0n) is 14.2. The van der Waals surface area contributed by atoms with Gasteiger partial charge in [-0.2, -0.15) is 0 Å². The van der Waals surface area contributed by atoms with Gasteiger partial charge in [0.1, 0.15) is 24.4 Å². The minimum atomic E-state index is -1.20. The Morgan fingerprint density at radius 3 is 2.31 bits per heavy atom. The Labute approximate surface area is 151 Å². The molecule has 2 aromatic carbocycles. The number of fused-ring (bicyclic) bond motifs is 1.